The monoisotopic (exact) mass is 184 g/mol. The van der Waals surface area contributed by atoms with Crippen molar-refractivity contribution in [3.05, 3.63) is 29.6 Å². The third-order valence-corrected chi connectivity index (χ3v) is 1.76. The third-order valence-electron chi connectivity index (χ3n) is 1.76. The van der Waals surface area contributed by atoms with E-state index in [0.29, 0.717) is 12.2 Å². The molecule has 0 radical (unpaired) electrons. The minimum Gasteiger partial charge on any atom is -0.496 e. The van der Waals surface area contributed by atoms with Crippen LogP contribution < -0.4 is 4.74 Å². The van der Waals surface area contributed by atoms with Crippen LogP contribution in [0.2, 0.25) is 0 Å². The van der Waals surface area contributed by atoms with E-state index in [-0.39, 0.29) is 5.82 Å². The third kappa shape index (κ3) is 2.70. The summed E-state index contributed by atoms with van der Waals surface area (Å²) < 4.78 is 17.7. The van der Waals surface area contributed by atoms with Gasteiger partial charge in [-0.15, -0.1) is 0 Å². The van der Waals surface area contributed by atoms with Crippen molar-refractivity contribution in [2.24, 2.45) is 0 Å². The summed E-state index contributed by atoms with van der Waals surface area (Å²) in [4.78, 5) is 0. The van der Waals surface area contributed by atoms with E-state index in [0.717, 1.165) is 5.56 Å². The number of aliphatic hydroxyl groups excluding tert-OH is 1. The first-order chi connectivity index (χ1) is 6.13. The zero-order valence-electron chi connectivity index (χ0n) is 7.75. The lowest BCUT2D eigenvalue weighted by Crippen LogP contribution is -2.05. The van der Waals surface area contributed by atoms with E-state index < -0.39 is 6.10 Å². The molecule has 2 nitrogen and oxygen atoms in total. The minimum absolute atomic E-state index is 0.328. The molecule has 1 atom stereocenters. The van der Waals surface area contributed by atoms with Crippen molar-refractivity contribution in [2.75, 3.05) is 7.11 Å². The molecule has 1 N–H and O–H groups in total. The van der Waals surface area contributed by atoms with Gasteiger partial charge in [-0.3, -0.25) is 0 Å². The van der Waals surface area contributed by atoms with Gasteiger partial charge >= 0.3 is 0 Å². The van der Waals surface area contributed by atoms with E-state index in [1.165, 1.54) is 19.2 Å². The van der Waals surface area contributed by atoms with Crippen LogP contribution in [-0.4, -0.2) is 18.3 Å². The molecular formula is C10H13FO2. The number of hydrogen-bond acceptors (Lipinski definition) is 2. The molecular weight excluding hydrogens is 171 g/mol. The first-order valence-electron chi connectivity index (χ1n) is 4.14. The summed E-state index contributed by atoms with van der Waals surface area (Å²) >= 11 is 0. The number of ether oxygens (including phenoxy) is 1. The lowest BCUT2D eigenvalue weighted by atomic mass is 10.1. The standard InChI is InChI=1S/C10H13FO2/c1-7(12)5-8-3-4-9(11)6-10(8)13-2/h3-4,6-7,12H,5H2,1-2H3. The predicted molar refractivity (Wildman–Crippen MR) is 48.3 cm³/mol. The lowest BCUT2D eigenvalue weighted by Gasteiger charge is -2.09. The maximum Gasteiger partial charge on any atom is 0.126 e. The molecule has 1 rings (SSSR count). The van der Waals surface area contributed by atoms with E-state index in [1.54, 1.807) is 13.0 Å². The molecule has 13 heavy (non-hydrogen) atoms. The van der Waals surface area contributed by atoms with Crippen LogP contribution in [0.15, 0.2) is 18.2 Å². The molecule has 0 heterocycles. The zero-order valence-corrected chi connectivity index (χ0v) is 7.75. The topological polar surface area (TPSA) is 29.5 Å². The van der Waals surface area contributed by atoms with Gasteiger partial charge in [0.15, 0.2) is 0 Å². The molecule has 1 unspecified atom stereocenters. The van der Waals surface area contributed by atoms with E-state index in [9.17, 15) is 4.39 Å². The molecule has 0 spiro atoms. The van der Waals surface area contributed by atoms with Crippen molar-refractivity contribution in [3.8, 4) is 5.75 Å². The highest BCUT2D eigenvalue weighted by atomic mass is 19.1. The maximum absolute atomic E-state index is 12.7. The van der Waals surface area contributed by atoms with Gasteiger partial charge in [-0.2, -0.15) is 0 Å². The molecule has 0 saturated heterocycles. The first kappa shape index (κ1) is 9.99. The number of aliphatic hydroxyl groups is 1. The van der Waals surface area contributed by atoms with Crippen molar-refractivity contribution >= 4 is 0 Å². The molecule has 1 aromatic rings. The fourth-order valence-electron chi connectivity index (χ4n) is 1.21. The largest absolute Gasteiger partial charge is 0.496 e. The Morgan fingerprint density at radius 3 is 2.77 bits per heavy atom. The second kappa shape index (κ2) is 4.23. The summed E-state index contributed by atoms with van der Waals surface area (Å²) in [5.74, 6) is 0.159. The van der Waals surface area contributed by atoms with Crippen LogP contribution in [-0.2, 0) is 6.42 Å². The smallest absolute Gasteiger partial charge is 0.126 e. The Morgan fingerprint density at radius 2 is 2.23 bits per heavy atom. The van der Waals surface area contributed by atoms with Gasteiger partial charge < -0.3 is 9.84 Å². The Kier molecular flexibility index (Phi) is 3.25. The van der Waals surface area contributed by atoms with Gasteiger partial charge in [0.05, 0.1) is 13.2 Å². The lowest BCUT2D eigenvalue weighted by molar-refractivity contribution is 0.194. The van der Waals surface area contributed by atoms with Gasteiger partial charge in [-0.25, -0.2) is 4.39 Å². The predicted octanol–water partition coefficient (Wildman–Crippen LogP) is 1.76. The number of hydrogen-bond donors (Lipinski definition) is 1. The molecule has 72 valence electrons. The highest BCUT2D eigenvalue weighted by Gasteiger charge is 2.06. The van der Waals surface area contributed by atoms with Gasteiger partial charge in [0.1, 0.15) is 11.6 Å². The SMILES string of the molecule is COc1cc(F)ccc1CC(C)O. The van der Waals surface area contributed by atoms with E-state index in [2.05, 4.69) is 0 Å². The molecule has 0 saturated carbocycles. The summed E-state index contributed by atoms with van der Waals surface area (Å²) in [6.45, 7) is 1.68. The molecule has 0 bridgehead atoms. The Bertz CT molecular complexity index is 284. The molecule has 3 heteroatoms. The normalized spacial score (nSPS) is 12.6. The fraction of sp³-hybridized carbons (Fsp3) is 0.400. The molecule has 0 fully saturated rings. The van der Waals surface area contributed by atoms with Crippen molar-refractivity contribution in [3.63, 3.8) is 0 Å². The van der Waals surface area contributed by atoms with Gasteiger partial charge in [-0.1, -0.05) is 6.07 Å². The second-order valence-electron chi connectivity index (χ2n) is 3.01. The fourth-order valence-corrected chi connectivity index (χ4v) is 1.21. The molecule has 0 aliphatic carbocycles. The van der Waals surface area contributed by atoms with Gasteiger partial charge in [-0.05, 0) is 18.6 Å². The second-order valence-corrected chi connectivity index (χ2v) is 3.01. The molecule has 1 aromatic carbocycles. The highest BCUT2D eigenvalue weighted by Crippen LogP contribution is 2.20. The molecule has 0 amide bonds. The van der Waals surface area contributed by atoms with Crippen LogP contribution >= 0.6 is 0 Å². The molecule has 0 aromatic heterocycles. The van der Waals surface area contributed by atoms with Crippen LogP contribution in [0.1, 0.15) is 12.5 Å². The Balaban J connectivity index is 2.92. The van der Waals surface area contributed by atoms with Crippen LogP contribution in [0.25, 0.3) is 0 Å². The number of methoxy groups -OCH3 is 1. The first-order valence-corrected chi connectivity index (χ1v) is 4.14. The average Bonchev–Trinajstić information content (AvgIpc) is 2.07. The van der Waals surface area contributed by atoms with Gasteiger partial charge in [0, 0.05) is 12.5 Å². The van der Waals surface area contributed by atoms with Crippen molar-refractivity contribution in [1.29, 1.82) is 0 Å². The number of halogens is 1. The van der Waals surface area contributed by atoms with Crippen LogP contribution in [0.3, 0.4) is 0 Å². The van der Waals surface area contributed by atoms with E-state index in [1.807, 2.05) is 0 Å². The Labute approximate surface area is 77.0 Å². The molecule has 0 aliphatic rings. The average molecular weight is 184 g/mol. The van der Waals surface area contributed by atoms with Crippen LogP contribution in [0.4, 0.5) is 4.39 Å². The van der Waals surface area contributed by atoms with Crippen molar-refractivity contribution in [2.45, 2.75) is 19.4 Å². The summed E-state index contributed by atoms with van der Waals surface area (Å²) in [6, 6.07) is 4.30. The Hall–Kier alpha value is -1.09. The van der Waals surface area contributed by atoms with Gasteiger partial charge in [0.25, 0.3) is 0 Å². The van der Waals surface area contributed by atoms with Crippen LogP contribution in [0, 0.1) is 5.82 Å². The summed E-state index contributed by atoms with van der Waals surface area (Å²) in [7, 11) is 1.49. The van der Waals surface area contributed by atoms with E-state index in [4.69, 9.17) is 9.84 Å². The minimum atomic E-state index is -0.445. The maximum atomic E-state index is 12.7. The zero-order chi connectivity index (χ0) is 9.84. The summed E-state index contributed by atoms with van der Waals surface area (Å²) in [6.07, 6.45) is 0.0306. The van der Waals surface area contributed by atoms with Crippen molar-refractivity contribution < 1.29 is 14.2 Å². The number of benzene rings is 1. The number of rotatable bonds is 3. The summed E-state index contributed by atoms with van der Waals surface area (Å²) in [5.41, 5.74) is 0.818. The van der Waals surface area contributed by atoms with Crippen molar-refractivity contribution in [1.82, 2.24) is 0 Å². The van der Waals surface area contributed by atoms with Gasteiger partial charge in [0.2, 0.25) is 0 Å². The quantitative estimate of drug-likeness (QED) is 0.775. The highest BCUT2D eigenvalue weighted by molar-refractivity contribution is 5.34. The molecule has 0 aliphatic heterocycles. The van der Waals surface area contributed by atoms with Crippen LogP contribution in [0.5, 0.6) is 5.75 Å². The Morgan fingerprint density at radius 1 is 1.54 bits per heavy atom. The van der Waals surface area contributed by atoms with E-state index >= 15 is 0 Å². The summed E-state index contributed by atoms with van der Waals surface area (Å²) in [5, 5.41) is 9.15.